The Labute approximate surface area is 112 Å². The number of carbonyl (C=O) groups is 1. The van der Waals surface area contributed by atoms with Crippen LogP contribution in [0.2, 0.25) is 0 Å². The number of carbonyl (C=O) groups excluding carboxylic acids is 1. The molecule has 0 aliphatic rings. The van der Waals surface area contributed by atoms with Crippen LogP contribution in [0.25, 0.3) is 0 Å². The lowest BCUT2D eigenvalue weighted by Gasteiger charge is -2.15. The van der Waals surface area contributed by atoms with Gasteiger partial charge in [0.05, 0.1) is 6.54 Å². The van der Waals surface area contributed by atoms with Crippen LogP contribution in [0.4, 0.5) is 8.78 Å². The molecule has 0 aliphatic heterocycles. The predicted molar refractivity (Wildman–Crippen MR) is 70.6 cm³/mol. The maximum Gasteiger partial charge on any atom is 0.233 e. The van der Waals surface area contributed by atoms with Crippen molar-refractivity contribution in [2.45, 2.75) is 26.8 Å². The smallest absolute Gasteiger partial charge is 0.233 e. The Morgan fingerprint density at radius 3 is 2.53 bits per heavy atom. The third-order valence-electron chi connectivity index (χ3n) is 2.71. The zero-order valence-electron chi connectivity index (χ0n) is 11.5. The van der Waals surface area contributed by atoms with Crippen molar-refractivity contribution in [3.63, 3.8) is 0 Å². The van der Waals surface area contributed by atoms with Gasteiger partial charge in [0.2, 0.25) is 5.91 Å². The predicted octanol–water partition coefficient (Wildman–Crippen LogP) is 2.39. The van der Waals surface area contributed by atoms with E-state index in [1.165, 1.54) is 12.1 Å². The Morgan fingerprint density at radius 2 is 1.95 bits per heavy atom. The van der Waals surface area contributed by atoms with Crippen LogP contribution in [0.3, 0.4) is 0 Å². The zero-order chi connectivity index (χ0) is 14.4. The number of halogens is 2. The first-order valence-corrected chi connectivity index (χ1v) is 6.35. The van der Waals surface area contributed by atoms with Crippen molar-refractivity contribution in [3.8, 4) is 0 Å². The van der Waals surface area contributed by atoms with Crippen LogP contribution in [0.15, 0.2) is 18.2 Å². The highest BCUT2D eigenvalue weighted by Gasteiger charge is 2.12. The normalized spacial score (nSPS) is 12.5. The quantitative estimate of drug-likeness (QED) is 0.833. The highest BCUT2D eigenvalue weighted by molar-refractivity contribution is 5.78. The van der Waals surface area contributed by atoms with E-state index >= 15 is 0 Å². The second-order valence-corrected chi connectivity index (χ2v) is 4.97. The fourth-order valence-corrected chi connectivity index (χ4v) is 1.59. The molecule has 19 heavy (non-hydrogen) atoms. The Balaban J connectivity index is 2.46. The van der Waals surface area contributed by atoms with E-state index in [0.29, 0.717) is 18.0 Å². The zero-order valence-corrected chi connectivity index (χ0v) is 11.5. The van der Waals surface area contributed by atoms with Gasteiger partial charge < -0.3 is 10.6 Å². The molecule has 1 atom stereocenters. The lowest BCUT2D eigenvalue weighted by Crippen LogP contribution is -2.36. The molecule has 0 spiro atoms. The summed E-state index contributed by atoms with van der Waals surface area (Å²) < 4.78 is 26.3. The van der Waals surface area contributed by atoms with Crippen molar-refractivity contribution in [1.82, 2.24) is 10.6 Å². The number of amides is 1. The summed E-state index contributed by atoms with van der Waals surface area (Å²) in [5.41, 5.74) is 0.345. The van der Waals surface area contributed by atoms with Gasteiger partial charge in [-0.15, -0.1) is 0 Å². The second-order valence-electron chi connectivity index (χ2n) is 4.97. The molecule has 0 fully saturated rings. The standard InChI is InChI=1S/C14H20F2N2O/c1-9(2)7-18-14(19)8-17-10(3)12-5-4-11(15)6-13(12)16/h4-6,9-10,17H,7-8H2,1-3H3,(H,18,19). The summed E-state index contributed by atoms with van der Waals surface area (Å²) in [6.07, 6.45) is 0. The molecule has 106 valence electrons. The monoisotopic (exact) mass is 270 g/mol. The maximum absolute atomic E-state index is 13.5. The Kier molecular flexibility index (Phi) is 5.89. The third kappa shape index (κ3) is 5.34. The van der Waals surface area contributed by atoms with E-state index < -0.39 is 11.6 Å². The fourth-order valence-electron chi connectivity index (χ4n) is 1.59. The minimum absolute atomic E-state index is 0.102. The van der Waals surface area contributed by atoms with E-state index in [9.17, 15) is 13.6 Å². The van der Waals surface area contributed by atoms with Crippen LogP contribution in [0, 0.1) is 17.6 Å². The molecule has 1 aromatic rings. The SMILES string of the molecule is CC(C)CNC(=O)CNC(C)c1ccc(F)cc1F. The molecule has 0 bridgehead atoms. The number of benzene rings is 1. The molecule has 0 radical (unpaired) electrons. The molecule has 1 amide bonds. The maximum atomic E-state index is 13.5. The summed E-state index contributed by atoms with van der Waals surface area (Å²) in [7, 11) is 0. The van der Waals surface area contributed by atoms with Gasteiger partial charge >= 0.3 is 0 Å². The van der Waals surface area contributed by atoms with E-state index in [1.807, 2.05) is 13.8 Å². The lowest BCUT2D eigenvalue weighted by molar-refractivity contribution is -0.120. The van der Waals surface area contributed by atoms with Gasteiger partial charge in [-0.25, -0.2) is 8.78 Å². The van der Waals surface area contributed by atoms with Gasteiger partial charge in [-0.3, -0.25) is 4.79 Å². The molecule has 1 aromatic carbocycles. The molecule has 1 rings (SSSR count). The molecule has 0 heterocycles. The van der Waals surface area contributed by atoms with Gasteiger partial charge in [0.25, 0.3) is 0 Å². The topological polar surface area (TPSA) is 41.1 Å². The number of nitrogens with one attached hydrogen (secondary N) is 2. The van der Waals surface area contributed by atoms with Crippen LogP contribution in [-0.4, -0.2) is 19.0 Å². The molecule has 0 saturated carbocycles. The van der Waals surface area contributed by atoms with E-state index in [-0.39, 0.29) is 18.5 Å². The summed E-state index contributed by atoms with van der Waals surface area (Å²) in [5.74, 6) is -0.968. The third-order valence-corrected chi connectivity index (χ3v) is 2.71. The fraction of sp³-hybridized carbons (Fsp3) is 0.500. The minimum atomic E-state index is -0.609. The molecule has 5 heteroatoms. The van der Waals surface area contributed by atoms with E-state index in [2.05, 4.69) is 10.6 Å². The van der Waals surface area contributed by atoms with Gasteiger partial charge in [-0.1, -0.05) is 19.9 Å². The van der Waals surface area contributed by atoms with Crippen molar-refractivity contribution in [2.24, 2.45) is 5.92 Å². The highest BCUT2D eigenvalue weighted by atomic mass is 19.1. The van der Waals surface area contributed by atoms with Crippen molar-refractivity contribution < 1.29 is 13.6 Å². The van der Waals surface area contributed by atoms with Crippen LogP contribution in [0.1, 0.15) is 32.4 Å². The van der Waals surface area contributed by atoms with Gasteiger partial charge in [-0.2, -0.15) is 0 Å². The lowest BCUT2D eigenvalue weighted by atomic mass is 10.1. The number of rotatable bonds is 6. The Morgan fingerprint density at radius 1 is 1.26 bits per heavy atom. The molecule has 3 nitrogen and oxygen atoms in total. The molecule has 0 aromatic heterocycles. The van der Waals surface area contributed by atoms with Crippen LogP contribution >= 0.6 is 0 Å². The summed E-state index contributed by atoms with van der Waals surface area (Å²) in [6.45, 7) is 6.45. The van der Waals surface area contributed by atoms with Gasteiger partial charge in [-0.05, 0) is 18.9 Å². The van der Waals surface area contributed by atoms with Crippen LogP contribution in [-0.2, 0) is 4.79 Å². The first-order valence-electron chi connectivity index (χ1n) is 6.35. The Hall–Kier alpha value is -1.49. The summed E-state index contributed by atoms with van der Waals surface area (Å²) in [4.78, 5) is 11.5. The van der Waals surface area contributed by atoms with Crippen molar-refractivity contribution in [3.05, 3.63) is 35.4 Å². The molecule has 1 unspecified atom stereocenters. The average Bonchev–Trinajstić information content (AvgIpc) is 2.33. The van der Waals surface area contributed by atoms with Crippen LogP contribution < -0.4 is 10.6 Å². The van der Waals surface area contributed by atoms with Gasteiger partial charge in [0.15, 0.2) is 0 Å². The largest absolute Gasteiger partial charge is 0.355 e. The van der Waals surface area contributed by atoms with Gasteiger partial charge in [0, 0.05) is 24.2 Å². The number of hydrogen-bond acceptors (Lipinski definition) is 2. The first kappa shape index (κ1) is 15.6. The van der Waals surface area contributed by atoms with Crippen molar-refractivity contribution >= 4 is 5.91 Å². The minimum Gasteiger partial charge on any atom is -0.355 e. The highest BCUT2D eigenvalue weighted by Crippen LogP contribution is 2.17. The summed E-state index contributed by atoms with van der Waals surface area (Å²) in [5, 5.41) is 5.67. The van der Waals surface area contributed by atoms with E-state index in [4.69, 9.17) is 0 Å². The molecular formula is C14H20F2N2O. The van der Waals surface area contributed by atoms with E-state index in [0.717, 1.165) is 6.07 Å². The first-order chi connectivity index (χ1) is 8.90. The molecule has 2 N–H and O–H groups in total. The van der Waals surface area contributed by atoms with Crippen molar-refractivity contribution in [2.75, 3.05) is 13.1 Å². The van der Waals surface area contributed by atoms with Crippen LogP contribution in [0.5, 0.6) is 0 Å². The summed E-state index contributed by atoms with van der Waals surface area (Å²) in [6, 6.07) is 3.07. The average molecular weight is 270 g/mol. The van der Waals surface area contributed by atoms with Crippen molar-refractivity contribution in [1.29, 1.82) is 0 Å². The van der Waals surface area contributed by atoms with E-state index in [1.54, 1.807) is 6.92 Å². The summed E-state index contributed by atoms with van der Waals surface area (Å²) >= 11 is 0. The molecular weight excluding hydrogens is 250 g/mol. The Bertz CT molecular complexity index is 435. The number of hydrogen-bond donors (Lipinski definition) is 2. The molecule has 0 saturated heterocycles. The molecule has 0 aliphatic carbocycles. The second kappa shape index (κ2) is 7.19. The van der Waals surface area contributed by atoms with Gasteiger partial charge in [0.1, 0.15) is 11.6 Å².